The minimum Gasteiger partial charge on any atom is -0.496 e. The van der Waals surface area contributed by atoms with Gasteiger partial charge in [0.05, 0.1) is 33.3 Å². The van der Waals surface area contributed by atoms with Crippen LogP contribution in [0.3, 0.4) is 0 Å². The summed E-state index contributed by atoms with van der Waals surface area (Å²) in [6, 6.07) is 2.72. The second kappa shape index (κ2) is 6.49. The van der Waals surface area contributed by atoms with Crippen molar-refractivity contribution in [3.63, 3.8) is 0 Å². The zero-order valence-electron chi connectivity index (χ0n) is 11.3. The van der Waals surface area contributed by atoms with Crippen molar-refractivity contribution in [3.05, 3.63) is 17.7 Å². The van der Waals surface area contributed by atoms with Gasteiger partial charge in [0.1, 0.15) is 5.75 Å². The predicted octanol–water partition coefficient (Wildman–Crippen LogP) is 3.24. The first kappa shape index (κ1) is 16.1. The van der Waals surface area contributed by atoms with E-state index >= 15 is 0 Å². The van der Waals surface area contributed by atoms with E-state index < -0.39 is 24.8 Å². The molecule has 112 valence electrons. The van der Waals surface area contributed by atoms with Crippen molar-refractivity contribution in [1.29, 1.82) is 0 Å². The Balaban J connectivity index is 3.06. The van der Waals surface area contributed by atoms with Crippen LogP contribution in [0.2, 0.25) is 0 Å². The Hall–Kier alpha value is -1.92. The largest absolute Gasteiger partial charge is 0.496 e. The first-order chi connectivity index (χ1) is 9.32. The van der Waals surface area contributed by atoms with Crippen LogP contribution in [-0.4, -0.2) is 33.3 Å². The minimum atomic E-state index is -4.38. The van der Waals surface area contributed by atoms with Gasteiger partial charge >= 0.3 is 6.18 Å². The highest BCUT2D eigenvalue weighted by Gasteiger charge is 2.29. The number of carbonyl (C=O) groups excluding carboxylic acids is 1. The van der Waals surface area contributed by atoms with E-state index in [2.05, 4.69) is 0 Å². The zero-order valence-corrected chi connectivity index (χ0v) is 11.3. The van der Waals surface area contributed by atoms with E-state index in [1.54, 1.807) is 0 Å². The van der Waals surface area contributed by atoms with Gasteiger partial charge < -0.3 is 14.2 Å². The molecule has 1 aromatic carbocycles. The molecule has 0 fully saturated rings. The van der Waals surface area contributed by atoms with Crippen LogP contribution in [0.25, 0.3) is 0 Å². The Kier molecular flexibility index (Phi) is 5.24. The molecule has 0 spiro atoms. The Labute approximate surface area is 114 Å². The van der Waals surface area contributed by atoms with Gasteiger partial charge in [-0.3, -0.25) is 4.79 Å². The van der Waals surface area contributed by atoms with Crippen LogP contribution >= 0.6 is 0 Å². The number of methoxy groups -OCH3 is 3. The zero-order chi connectivity index (χ0) is 15.3. The maximum atomic E-state index is 12.2. The van der Waals surface area contributed by atoms with E-state index in [-0.39, 0.29) is 17.1 Å². The van der Waals surface area contributed by atoms with Crippen molar-refractivity contribution >= 4 is 5.78 Å². The Bertz CT molecular complexity index is 483. The number of Topliss-reactive ketones (excluding diaryl/α,β-unsaturated/α-hetero) is 1. The third-order valence-electron chi connectivity index (χ3n) is 2.64. The van der Waals surface area contributed by atoms with Gasteiger partial charge in [0.2, 0.25) is 0 Å². The average Bonchev–Trinajstić information content (AvgIpc) is 2.42. The molecule has 20 heavy (non-hydrogen) atoms. The van der Waals surface area contributed by atoms with Gasteiger partial charge in [-0.1, -0.05) is 0 Å². The van der Waals surface area contributed by atoms with Crippen LogP contribution in [-0.2, 0) is 0 Å². The van der Waals surface area contributed by atoms with Gasteiger partial charge in [0.25, 0.3) is 0 Å². The van der Waals surface area contributed by atoms with Crippen molar-refractivity contribution < 1.29 is 32.2 Å². The molecule has 1 rings (SSSR count). The van der Waals surface area contributed by atoms with Crippen LogP contribution in [0.1, 0.15) is 23.2 Å². The highest BCUT2D eigenvalue weighted by atomic mass is 19.4. The van der Waals surface area contributed by atoms with E-state index in [0.29, 0.717) is 5.75 Å². The molecule has 0 amide bonds. The molecule has 0 aliphatic carbocycles. The van der Waals surface area contributed by atoms with Gasteiger partial charge in [0.15, 0.2) is 17.3 Å². The number of hydrogen-bond donors (Lipinski definition) is 0. The summed E-state index contributed by atoms with van der Waals surface area (Å²) in [6.45, 7) is 0. The second-order valence-electron chi connectivity index (χ2n) is 3.95. The van der Waals surface area contributed by atoms with Crippen molar-refractivity contribution in [1.82, 2.24) is 0 Å². The fraction of sp³-hybridized carbons (Fsp3) is 0.462. The van der Waals surface area contributed by atoms with Crippen molar-refractivity contribution in [2.24, 2.45) is 0 Å². The van der Waals surface area contributed by atoms with E-state index in [9.17, 15) is 18.0 Å². The number of halogens is 3. The van der Waals surface area contributed by atoms with Crippen LogP contribution in [0.15, 0.2) is 12.1 Å². The van der Waals surface area contributed by atoms with Gasteiger partial charge in [-0.25, -0.2) is 0 Å². The number of benzene rings is 1. The van der Waals surface area contributed by atoms with Crippen LogP contribution in [0, 0.1) is 0 Å². The normalized spacial score (nSPS) is 11.1. The Morgan fingerprint density at radius 2 is 1.50 bits per heavy atom. The first-order valence-electron chi connectivity index (χ1n) is 5.72. The Morgan fingerprint density at radius 1 is 1.00 bits per heavy atom. The summed E-state index contributed by atoms with van der Waals surface area (Å²) in [5.74, 6) is 0.0651. The molecular weight excluding hydrogens is 277 g/mol. The lowest BCUT2D eigenvalue weighted by Gasteiger charge is -2.13. The molecule has 0 radical (unpaired) electrons. The lowest BCUT2D eigenvalue weighted by atomic mass is 10.0. The lowest BCUT2D eigenvalue weighted by molar-refractivity contribution is -0.133. The predicted molar refractivity (Wildman–Crippen MR) is 65.7 cm³/mol. The number of alkyl halides is 3. The van der Waals surface area contributed by atoms with E-state index in [4.69, 9.17) is 14.2 Å². The van der Waals surface area contributed by atoms with Crippen LogP contribution < -0.4 is 14.2 Å². The highest BCUT2D eigenvalue weighted by molar-refractivity contribution is 5.99. The average molecular weight is 292 g/mol. The molecule has 1 aromatic rings. The number of hydrogen-bond acceptors (Lipinski definition) is 4. The summed E-state index contributed by atoms with van der Waals surface area (Å²) in [5.41, 5.74) is 0.0365. The van der Waals surface area contributed by atoms with Gasteiger partial charge in [0, 0.05) is 12.5 Å². The third kappa shape index (κ3) is 4.04. The summed E-state index contributed by atoms with van der Waals surface area (Å²) in [6.07, 6.45) is -6.20. The molecule has 4 nitrogen and oxygen atoms in total. The number of rotatable bonds is 6. The molecule has 0 N–H and O–H groups in total. The van der Waals surface area contributed by atoms with E-state index in [1.807, 2.05) is 0 Å². The molecule has 0 bridgehead atoms. The SMILES string of the molecule is COc1cc(OC)c(C(=O)CCC(F)(F)F)cc1OC. The fourth-order valence-corrected chi connectivity index (χ4v) is 1.64. The van der Waals surface area contributed by atoms with E-state index in [0.717, 1.165) is 0 Å². The molecule has 0 aromatic heterocycles. The molecule has 0 saturated carbocycles. The smallest absolute Gasteiger partial charge is 0.389 e. The number of carbonyl (C=O) groups is 1. The van der Waals surface area contributed by atoms with Gasteiger partial charge in [-0.2, -0.15) is 13.2 Å². The molecule has 0 unspecified atom stereocenters. The van der Waals surface area contributed by atoms with Crippen LogP contribution in [0.5, 0.6) is 17.2 Å². The van der Waals surface area contributed by atoms with Gasteiger partial charge in [-0.05, 0) is 6.07 Å². The van der Waals surface area contributed by atoms with E-state index in [1.165, 1.54) is 33.5 Å². The minimum absolute atomic E-state index is 0.0365. The summed E-state index contributed by atoms with van der Waals surface area (Å²) < 4.78 is 51.5. The monoisotopic (exact) mass is 292 g/mol. The number of ketones is 1. The van der Waals surface area contributed by atoms with Crippen LogP contribution in [0.4, 0.5) is 13.2 Å². The van der Waals surface area contributed by atoms with Gasteiger partial charge in [-0.15, -0.1) is 0 Å². The highest BCUT2D eigenvalue weighted by Crippen LogP contribution is 2.35. The summed E-state index contributed by atoms with van der Waals surface area (Å²) in [5, 5.41) is 0. The molecule has 0 heterocycles. The maximum Gasteiger partial charge on any atom is 0.389 e. The summed E-state index contributed by atoms with van der Waals surface area (Å²) >= 11 is 0. The Morgan fingerprint density at radius 3 is 1.95 bits per heavy atom. The second-order valence-corrected chi connectivity index (χ2v) is 3.95. The van der Waals surface area contributed by atoms with Crippen molar-refractivity contribution in [3.8, 4) is 17.2 Å². The maximum absolute atomic E-state index is 12.2. The standard InChI is InChI=1S/C13H15F3O4/c1-18-10-7-12(20-3)11(19-2)6-8(10)9(17)4-5-13(14,15)16/h6-7H,4-5H2,1-3H3. The molecule has 0 saturated heterocycles. The molecule has 0 aliphatic heterocycles. The molecule has 0 aliphatic rings. The molecule has 7 heteroatoms. The first-order valence-corrected chi connectivity index (χ1v) is 5.72. The third-order valence-corrected chi connectivity index (χ3v) is 2.64. The number of ether oxygens (including phenoxy) is 3. The lowest BCUT2D eigenvalue weighted by Crippen LogP contribution is -2.12. The molecular formula is C13H15F3O4. The molecule has 0 atom stereocenters. The van der Waals surface area contributed by atoms with Crippen molar-refractivity contribution in [2.75, 3.05) is 21.3 Å². The topological polar surface area (TPSA) is 44.8 Å². The summed E-state index contributed by atoms with van der Waals surface area (Å²) in [4.78, 5) is 11.9. The summed E-state index contributed by atoms with van der Waals surface area (Å²) in [7, 11) is 4.10. The quantitative estimate of drug-likeness (QED) is 0.755. The van der Waals surface area contributed by atoms with Crippen molar-refractivity contribution in [2.45, 2.75) is 19.0 Å². The fourth-order valence-electron chi connectivity index (χ4n) is 1.64.